The molecule has 1 saturated heterocycles. The van der Waals surface area contributed by atoms with Gasteiger partial charge in [0.1, 0.15) is 6.04 Å². The second-order valence-electron chi connectivity index (χ2n) is 7.45. The third kappa shape index (κ3) is 4.80. The first-order chi connectivity index (χ1) is 12.1. The van der Waals surface area contributed by atoms with Gasteiger partial charge >= 0.3 is 0 Å². The Bertz CT molecular complexity index is 602. The van der Waals surface area contributed by atoms with Crippen molar-refractivity contribution in [3.05, 3.63) is 11.9 Å². The van der Waals surface area contributed by atoms with Gasteiger partial charge in [-0.05, 0) is 38.0 Å². The molecule has 1 saturated carbocycles. The number of hydrogen-bond donors (Lipinski definition) is 1. The van der Waals surface area contributed by atoms with Crippen LogP contribution in [0.15, 0.2) is 6.20 Å². The molecular weight excluding hydrogens is 318 g/mol. The van der Waals surface area contributed by atoms with Gasteiger partial charge in [-0.2, -0.15) is 0 Å². The predicted octanol–water partition coefficient (Wildman–Crippen LogP) is 1.70. The molecule has 2 aliphatic rings. The zero-order chi connectivity index (χ0) is 17.8. The summed E-state index contributed by atoms with van der Waals surface area (Å²) in [6.07, 6.45) is 8.10. The van der Waals surface area contributed by atoms with Crippen LogP contribution >= 0.6 is 0 Å². The van der Waals surface area contributed by atoms with Gasteiger partial charge in [-0.1, -0.05) is 18.6 Å². The molecule has 1 aromatic heterocycles. The molecule has 2 amide bonds. The van der Waals surface area contributed by atoms with Crippen LogP contribution < -0.4 is 5.32 Å². The molecule has 1 aliphatic carbocycles. The molecule has 25 heavy (non-hydrogen) atoms. The van der Waals surface area contributed by atoms with Crippen LogP contribution in [0, 0.1) is 5.92 Å². The van der Waals surface area contributed by atoms with Gasteiger partial charge in [-0.15, -0.1) is 5.10 Å². The highest BCUT2D eigenvalue weighted by Crippen LogP contribution is 2.38. The van der Waals surface area contributed by atoms with Crippen LogP contribution in [-0.2, 0) is 16.1 Å². The third-order valence-electron chi connectivity index (χ3n) is 5.18. The lowest BCUT2D eigenvalue weighted by molar-refractivity contribution is -0.137. The molecule has 7 nitrogen and oxygen atoms in total. The Morgan fingerprint density at radius 3 is 2.60 bits per heavy atom. The molecule has 0 spiro atoms. The SMILES string of the molecule is CCCC(NC(C)=O)C(=O)N1CCC(Cn2cc(C3CC3)nn2)CC1. The number of carbonyl (C=O) groups is 2. The van der Waals surface area contributed by atoms with E-state index in [2.05, 4.69) is 21.8 Å². The number of likely N-dealkylation sites (tertiary alicyclic amines) is 1. The first-order valence-corrected chi connectivity index (χ1v) is 9.52. The summed E-state index contributed by atoms with van der Waals surface area (Å²) in [5, 5.41) is 11.3. The minimum absolute atomic E-state index is 0.0623. The topological polar surface area (TPSA) is 80.1 Å². The summed E-state index contributed by atoms with van der Waals surface area (Å²) >= 11 is 0. The minimum atomic E-state index is -0.379. The van der Waals surface area contributed by atoms with Gasteiger partial charge in [0.05, 0.1) is 5.69 Å². The zero-order valence-electron chi connectivity index (χ0n) is 15.3. The summed E-state index contributed by atoms with van der Waals surface area (Å²) in [7, 11) is 0. The molecule has 0 bridgehead atoms. The molecule has 0 aromatic carbocycles. The Hall–Kier alpha value is -1.92. The van der Waals surface area contributed by atoms with Gasteiger partial charge in [0.2, 0.25) is 11.8 Å². The van der Waals surface area contributed by atoms with E-state index in [9.17, 15) is 9.59 Å². The average Bonchev–Trinajstić information content (AvgIpc) is 3.34. The van der Waals surface area contributed by atoms with Crippen LogP contribution in [-0.4, -0.2) is 50.8 Å². The second-order valence-corrected chi connectivity index (χ2v) is 7.45. The largest absolute Gasteiger partial charge is 0.345 e. The standard InChI is InChI=1S/C18H29N5O2/c1-3-4-16(19-13(2)24)18(25)22-9-7-14(8-10-22)11-23-12-17(20-21-23)15-5-6-15/h12,14-16H,3-11H2,1-2H3,(H,19,24). The molecule has 0 radical (unpaired) electrons. The van der Waals surface area contributed by atoms with Crippen LogP contribution in [0.2, 0.25) is 0 Å². The zero-order valence-corrected chi connectivity index (χ0v) is 15.3. The van der Waals surface area contributed by atoms with Crippen molar-refractivity contribution >= 4 is 11.8 Å². The van der Waals surface area contributed by atoms with Gasteiger partial charge in [-0.25, -0.2) is 0 Å². The van der Waals surface area contributed by atoms with Crippen molar-refractivity contribution in [2.24, 2.45) is 5.92 Å². The maximum atomic E-state index is 12.7. The maximum absolute atomic E-state index is 12.7. The highest BCUT2D eigenvalue weighted by Gasteiger charge is 2.29. The lowest BCUT2D eigenvalue weighted by atomic mass is 9.96. The molecule has 7 heteroatoms. The molecule has 3 rings (SSSR count). The number of hydrogen-bond acceptors (Lipinski definition) is 4. The molecule has 1 atom stereocenters. The van der Waals surface area contributed by atoms with Crippen LogP contribution in [0.5, 0.6) is 0 Å². The van der Waals surface area contributed by atoms with E-state index in [1.165, 1.54) is 19.8 Å². The number of piperidine rings is 1. The molecule has 2 fully saturated rings. The summed E-state index contributed by atoms with van der Waals surface area (Å²) < 4.78 is 1.97. The number of amides is 2. The van der Waals surface area contributed by atoms with Crippen molar-refractivity contribution in [3.63, 3.8) is 0 Å². The Kier molecular flexibility index (Phi) is 5.71. The molecule has 138 valence electrons. The Morgan fingerprint density at radius 2 is 2.00 bits per heavy atom. The predicted molar refractivity (Wildman–Crippen MR) is 93.8 cm³/mol. The molecule has 2 heterocycles. The van der Waals surface area contributed by atoms with E-state index in [1.807, 2.05) is 16.5 Å². The van der Waals surface area contributed by atoms with E-state index in [-0.39, 0.29) is 17.9 Å². The summed E-state index contributed by atoms with van der Waals surface area (Å²) in [4.78, 5) is 25.9. The van der Waals surface area contributed by atoms with Gasteiger partial charge in [0.15, 0.2) is 0 Å². The Labute approximate surface area is 149 Å². The first kappa shape index (κ1) is 17.9. The van der Waals surface area contributed by atoms with Crippen LogP contribution in [0.1, 0.15) is 64.0 Å². The fourth-order valence-electron chi connectivity index (χ4n) is 3.58. The van der Waals surface area contributed by atoms with E-state index < -0.39 is 0 Å². The highest BCUT2D eigenvalue weighted by molar-refractivity contribution is 5.86. The number of aromatic nitrogens is 3. The molecule has 1 N–H and O–H groups in total. The van der Waals surface area contributed by atoms with Gasteiger partial charge in [-0.3, -0.25) is 14.3 Å². The first-order valence-electron chi connectivity index (χ1n) is 9.52. The Balaban J connectivity index is 1.48. The maximum Gasteiger partial charge on any atom is 0.245 e. The van der Waals surface area contributed by atoms with Crippen LogP contribution in [0.3, 0.4) is 0 Å². The van der Waals surface area contributed by atoms with Gasteiger partial charge < -0.3 is 10.2 Å². The number of carbonyl (C=O) groups excluding carboxylic acids is 2. The fraction of sp³-hybridized carbons (Fsp3) is 0.778. The second kappa shape index (κ2) is 7.97. The van der Waals surface area contributed by atoms with Gasteiger partial charge in [0, 0.05) is 38.7 Å². The molecule has 1 unspecified atom stereocenters. The summed E-state index contributed by atoms with van der Waals surface area (Å²) in [6, 6.07) is -0.379. The average molecular weight is 347 g/mol. The van der Waals surface area contributed by atoms with Crippen LogP contribution in [0.4, 0.5) is 0 Å². The minimum Gasteiger partial charge on any atom is -0.345 e. The number of nitrogens with one attached hydrogen (secondary N) is 1. The van der Waals surface area contributed by atoms with E-state index >= 15 is 0 Å². The molecular formula is C18H29N5O2. The van der Waals surface area contributed by atoms with Gasteiger partial charge in [0.25, 0.3) is 0 Å². The monoisotopic (exact) mass is 347 g/mol. The number of rotatable bonds is 7. The molecule has 1 aromatic rings. The van der Waals surface area contributed by atoms with E-state index in [4.69, 9.17) is 0 Å². The lowest BCUT2D eigenvalue weighted by Crippen LogP contribution is -2.50. The van der Waals surface area contributed by atoms with Crippen molar-refractivity contribution < 1.29 is 9.59 Å². The van der Waals surface area contributed by atoms with Crippen molar-refractivity contribution in [2.45, 2.75) is 70.9 Å². The smallest absolute Gasteiger partial charge is 0.245 e. The normalized spacial score (nSPS) is 19.7. The van der Waals surface area contributed by atoms with Crippen molar-refractivity contribution in [1.82, 2.24) is 25.2 Å². The summed E-state index contributed by atoms with van der Waals surface area (Å²) in [6.45, 7) is 5.89. The van der Waals surface area contributed by atoms with E-state index in [0.717, 1.165) is 44.6 Å². The number of nitrogens with zero attached hydrogens (tertiary/aromatic N) is 4. The third-order valence-corrected chi connectivity index (χ3v) is 5.18. The van der Waals surface area contributed by atoms with Crippen molar-refractivity contribution in [2.75, 3.05) is 13.1 Å². The lowest BCUT2D eigenvalue weighted by Gasteiger charge is -2.34. The van der Waals surface area contributed by atoms with E-state index in [0.29, 0.717) is 18.3 Å². The van der Waals surface area contributed by atoms with Crippen LogP contribution in [0.25, 0.3) is 0 Å². The Morgan fingerprint density at radius 1 is 1.28 bits per heavy atom. The summed E-state index contributed by atoms with van der Waals surface area (Å²) in [5.41, 5.74) is 1.13. The van der Waals surface area contributed by atoms with Crippen molar-refractivity contribution in [3.8, 4) is 0 Å². The van der Waals surface area contributed by atoms with E-state index in [1.54, 1.807) is 0 Å². The molecule has 1 aliphatic heterocycles. The highest BCUT2D eigenvalue weighted by atomic mass is 16.2. The van der Waals surface area contributed by atoms with Crippen molar-refractivity contribution in [1.29, 1.82) is 0 Å². The quantitative estimate of drug-likeness (QED) is 0.814. The summed E-state index contributed by atoms with van der Waals surface area (Å²) in [5.74, 6) is 1.09. The fourth-order valence-corrected chi connectivity index (χ4v) is 3.58.